The summed E-state index contributed by atoms with van der Waals surface area (Å²) in [5.41, 5.74) is 0.953. The summed E-state index contributed by atoms with van der Waals surface area (Å²) in [6.07, 6.45) is 2.25. The molecule has 2 atom stereocenters. The van der Waals surface area contributed by atoms with Crippen molar-refractivity contribution in [1.82, 2.24) is 0 Å². The number of ketones is 1. The first-order chi connectivity index (χ1) is 9.00. The van der Waals surface area contributed by atoms with Crippen molar-refractivity contribution in [2.75, 3.05) is 0 Å². The molecule has 1 aromatic carbocycles. The molecule has 0 amide bonds. The van der Waals surface area contributed by atoms with E-state index in [1.165, 1.54) is 0 Å². The summed E-state index contributed by atoms with van der Waals surface area (Å²) in [6, 6.07) is 4.96. The lowest BCUT2D eigenvalue weighted by atomic mass is 9.81. The standard InChI is InChI=1S/C15H18O4/c1-9-4-2-7-12(13(9)15(18)19)14(17)10-5-3-6-11(16)8-10/h2,4,7,10-11,16H,3,5-6,8H2,1H3,(H,18,19)/t10-,11+/m1/s1. The second kappa shape index (κ2) is 5.53. The Morgan fingerprint density at radius 2 is 2.00 bits per heavy atom. The van der Waals surface area contributed by atoms with Gasteiger partial charge >= 0.3 is 5.97 Å². The molecule has 2 N–H and O–H groups in total. The topological polar surface area (TPSA) is 74.6 Å². The van der Waals surface area contributed by atoms with Gasteiger partial charge < -0.3 is 10.2 Å². The zero-order chi connectivity index (χ0) is 14.0. The van der Waals surface area contributed by atoms with Crippen LogP contribution in [-0.4, -0.2) is 28.1 Å². The van der Waals surface area contributed by atoms with Gasteiger partial charge in [0.05, 0.1) is 11.7 Å². The van der Waals surface area contributed by atoms with Crippen LogP contribution in [0.1, 0.15) is 52.0 Å². The van der Waals surface area contributed by atoms with Crippen LogP contribution < -0.4 is 0 Å². The van der Waals surface area contributed by atoms with E-state index in [1.807, 2.05) is 0 Å². The quantitative estimate of drug-likeness (QED) is 0.820. The van der Waals surface area contributed by atoms with Gasteiger partial charge in [-0.2, -0.15) is 0 Å². The maximum atomic E-state index is 12.4. The van der Waals surface area contributed by atoms with E-state index in [1.54, 1.807) is 25.1 Å². The maximum absolute atomic E-state index is 12.4. The Bertz CT molecular complexity index is 507. The lowest BCUT2D eigenvalue weighted by molar-refractivity contribution is 0.0668. The normalized spacial score (nSPS) is 23.1. The van der Waals surface area contributed by atoms with Crippen LogP contribution in [0.15, 0.2) is 18.2 Å². The molecule has 1 aliphatic carbocycles. The predicted molar refractivity (Wildman–Crippen MR) is 70.4 cm³/mol. The summed E-state index contributed by atoms with van der Waals surface area (Å²) in [4.78, 5) is 23.7. The number of aryl methyl sites for hydroxylation is 1. The molecule has 102 valence electrons. The Morgan fingerprint density at radius 3 is 2.63 bits per heavy atom. The van der Waals surface area contributed by atoms with Crippen LogP contribution in [0.5, 0.6) is 0 Å². The lowest BCUT2D eigenvalue weighted by Crippen LogP contribution is -2.27. The van der Waals surface area contributed by atoms with E-state index in [9.17, 15) is 19.8 Å². The van der Waals surface area contributed by atoms with Gasteiger partial charge in [0.25, 0.3) is 0 Å². The van der Waals surface area contributed by atoms with Crippen molar-refractivity contribution < 1.29 is 19.8 Å². The smallest absolute Gasteiger partial charge is 0.336 e. The summed E-state index contributed by atoms with van der Waals surface area (Å²) in [5, 5.41) is 18.9. The SMILES string of the molecule is Cc1cccc(C(=O)[C@@H]2CCC[C@H](O)C2)c1C(=O)O. The molecule has 0 bridgehead atoms. The van der Waals surface area contributed by atoms with E-state index >= 15 is 0 Å². The molecule has 0 spiro atoms. The van der Waals surface area contributed by atoms with Gasteiger partial charge in [-0.3, -0.25) is 4.79 Å². The summed E-state index contributed by atoms with van der Waals surface area (Å²) < 4.78 is 0. The van der Waals surface area contributed by atoms with Crippen molar-refractivity contribution in [2.45, 2.75) is 38.7 Å². The number of carbonyl (C=O) groups excluding carboxylic acids is 1. The van der Waals surface area contributed by atoms with Crippen LogP contribution in [0, 0.1) is 12.8 Å². The Kier molecular flexibility index (Phi) is 4.00. The van der Waals surface area contributed by atoms with Gasteiger partial charge in [0, 0.05) is 11.5 Å². The lowest BCUT2D eigenvalue weighted by Gasteiger charge is -2.25. The van der Waals surface area contributed by atoms with Crippen molar-refractivity contribution in [3.8, 4) is 0 Å². The Hall–Kier alpha value is -1.68. The van der Waals surface area contributed by atoms with Crippen LogP contribution in [-0.2, 0) is 0 Å². The fourth-order valence-electron chi connectivity index (χ4n) is 2.78. The van der Waals surface area contributed by atoms with Crippen LogP contribution in [0.25, 0.3) is 0 Å². The molecule has 0 saturated heterocycles. The van der Waals surface area contributed by atoms with Crippen molar-refractivity contribution >= 4 is 11.8 Å². The number of benzene rings is 1. The zero-order valence-electron chi connectivity index (χ0n) is 10.9. The average Bonchev–Trinajstić information content (AvgIpc) is 2.37. The third-order valence-electron chi connectivity index (χ3n) is 3.77. The number of rotatable bonds is 3. The predicted octanol–water partition coefficient (Wildman–Crippen LogP) is 2.43. The number of aliphatic hydroxyl groups excluding tert-OH is 1. The van der Waals surface area contributed by atoms with E-state index in [2.05, 4.69) is 0 Å². The zero-order valence-corrected chi connectivity index (χ0v) is 10.9. The average molecular weight is 262 g/mol. The largest absolute Gasteiger partial charge is 0.478 e. The first kappa shape index (κ1) is 13.7. The number of carboxylic acid groups (broad SMARTS) is 1. The molecular weight excluding hydrogens is 244 g/mol. The van der Waals surface area contributed by atoms with Crippen LogP contribution in [0.4, 0.5) is 0 Å². The second-order valence-electron chi connectivity index (χ2n) is 5.18. The molecule has 0 heterocycles. The summed E-state index contributed by atoms with van der Waals surface area (Å²) in [6.45, 7) is 1.69. The van der Waals surface area contributed by atoms with Gasteiger partial charge in [0.1, 0.15) is 0 Å². The molecule has 0 radical (unpaired) electrons. The van der Waals surface area contributed by atoms with Gasteiger partial charge in [0.15, 0.2) is 5.78 Å². The molecule has 0 aromatic heterocycles. The minimum Gasteiger partial charge on any atom is -0.478 e. The maximum Gasteiger partial charge on any atom is 0.336 e. The van der Waals surface area contributed by atoms with Crippen molar-refractivity contribution in [2.24, 2.45) is 5.92 Å². The molecule has 4 nitrogen and oxygen atoms in total. The highest BCUT2D eigenvalue weighted by atomic mass is 16.4. The van der Waals surface area contributed by atoms with E-state index in [4.69, 9.17) is 0 Å². The monoisotopic (exact) mass is 262 g/mol. The van der Waals surface area contributed by atoms with Crippen molar-refractivity contribution in [1.29, 1.82) is 0 Å². The Morgan fingerprint density at radius 1 is 1.26 bits per heavy atom. The first-order valence-corrected chi connectivity index (χ1v) is 6.56. The van der Waals surface area contributed by atoms with Gasteiger partial charge in [-0.1, -0.05) is 24.6 Å². The number of hydrogen-bond donors (Lipinski definition) is 2. The fourth-order valence-corrected chi connectivity index (χ4v) is 2.78. The van der Waals surface area contributed by atoms with Gasteiger partial charge in [-0.05, 0) is 31.7 Å². The highest BCUT2D eigenvalue weighted by Crippen LogP contribution is 2.29. The number of aliphatic hydroxyl groups is 1. The number of carboxylic acids is 1. The molecule has 0 aliphatic heterocycles. The third kappa shape index (κ3) is 2.84. The van der Waals surface area contributed by atoms with Crippen LogP contribution in [0.2, 0.25) is 0 Å². The number of carbonyl (C=O) groups is 2. The van der Waals surface area contributed by atoms with E-state index in [0.717, 1.165) is 19.3 Å². The summed E-state index contributed by atoms with van der Waals surface area (Å²) in [7, 11) is 0. The minimum absolute atomic E-state index is 0.0903. The molecule has 1 saturated carbocycles. The Labute approximate surface area is 112 Å². The number of hydrogen-bond acceptors (Lipinski definition) is 3. The summed E-state index contributed by atoms with van der Waals surface area (Å²) in [5.74, 6) is -1.48. The van der Waals surface area contributed by atoms with E-state index in [-0.39, 0.29) is 22.8 Å². The summed E-state index contributed by atoms with van der Waals surface area (Å²) >= 11 is 0. The minimum atomic E-state index is -1.07. The molecule has 1 aliphatic rings. The highest BCUT2D eigenvalue weighted by molar-refractivity contribution is 6.07. The van der Waals surface area contributed by atoms with Gasteiger partial charge in [-0.15, -0.1) is 0 Å². The molecule has 0 unspecified atom stereocenters. The molecule has 2 rings (SSSR count). The first-order valence-electron chi connectivity index (χ1n) is 6.56. The number of aromatic carboxylic acids is 1. The van der Waals surface area contributed by atoms with Gasteiger partial charge in [0.2, 0.25) is 0 Å². The highest BCUT2D eigenvalue weighted by Gasteiger charge is 2.29. The van der Waals surface area contributed by atoms with Crippen LogP contribution in [0.3, 0.4) is 0 Å². The molecule has 19 heavy (non-hydrogen) atoms. The molecular formula is C15H18O4. The van der Waals surface area contributed by atoms with Crippen molar-refractivity contribution in [3.05, 3.63) is 34.9 Å². The molecule has 4 heteroatoms. The van der Waals surface area contributed by atoms with Crippen molar-refractivity contribution in [3.63, 3.8) is 0 Å². The third-order valence-corrected chi connectivity index (χ3v) is 3.77. The molecule has 1 fully saturated rings. The van der Waals surface area contributed by atoms with Crippen LogP contribution >= 0.6 is 0 Å². The Balaban J connectivity index is 2.33. The number of Topliss-reactive ketones (excluding diaryl/α,β-unsaturated/α-hetero) is 1. The molecule has 1 aromatic rings. The van der Waals surface area contributed by atoms with E-state index in [0.29, 0.717) is 12.0 Å². The van der Waals surface area contributed by atoms with Gasteiger partial charge in [-0.25, -0.2) is 4.79 Å². The van der Waals surface area contributed by atoms with E-state index < -0.39 is 12.1 Å². The fraction of sp³-hybridized carbons (Fsp3) is 0.467. The second-order valence-corrected chi connectivity index (χ2v) is 5.18.